The first-order valence-electron chi connectivity index (χ1n) is 6.71. The molecule has 1 aliphatic carbocycles. The van der Waals surface area contributed by atoms with E-state index in [1.54, 1.807) is 6.07 Å². The first-order valence-corrected chi connectivity index (χ1v) is 6.71. The molecule has 2 unspecified atom stereocenters. The monoisotopic (exact) mass is 258 g/mol. The van der Waals surface area contributed by atoms with E-state index in [1.165, 1.54) is 11.1 Å². The topological polar surface area (TPSA) is 40.5 Å². The van der Waals surface area contributed by atoms with Crippen LogP contribution in [0, 0.1) is 12.8 Å². The van der Waals surface area contributed by atoms with Crippen molar-refractivity contribution in [3.05, 3.63) is 53.1 Å². The van der Waals surface area contributed by atoms with Crippen LogP contribution in [0.1, 0.15) is 31.9 Å². The lowest BCUT2D eigenvalue weighted by atomic mass is 9.74. The Balaban J connectivity index is 2.39. The molecule has 2 atom stereocenters. The van der Waals surface area contributed by atoms with Crippen molar-refractivity contribution in [2.24, 2.45) is 5.92 Å². The van der Waals surface area contributed by atoms with Gasteiger partial charge in [0.25, 0.3) is 0 Å². The summed E-state index contributed by atoms with van der Waals surface area (Å²) in [4.78, 5) is 0. The Bertz CT molecular complexity index is 538. The van der Waals surface area contributed by atoms with E-state index >= 15 is 0 Å². The van der Waals surface area contributed by atoms with Crippen molar-refractivity contribution in [3.8, 4) is 5.75 Å². The van der Waals surface area contributed by atoms with Crippen molar-refractivity contribution >= 4 is 0 Å². The maximum Gasteiger partial charge on any atom is 0.118 e. The zero-order valence-electron chi connectivity index (χ0n) is 12.0. The van der Waals surface area contributed by atoms with Gasteiger partial charge >= 0.3 is 0 Å². The fourth-order valence-electron chi connectivity index (χ4n) is 2.44. The lowest BCUT2D eigenvalue weighted by Crippen LogP contribution is -2.25. The normalized spacial score (nSPS) is 23.3. The summed E-state index contributed by atoms with van der Waals surface area (Å²) in [5, 5.41) is 19.4. The van der Waals surface area contributed by atoms with Gasteiger partial charge in [-0.15, -0.1) is 0 Å². The third kappa shape index (κ3) is 2.59. The minimum absolute atomic E-state index is 0.136. The molecule has 0 radical (unpaired) electrons. The predicted molar refractivity (Wildman–Crippen MR) is 78.3 cm³/mol. The van der Waals surface area contributed by atoms with E-state index in [2.05, 4.69) is 19.9 Å². The van der Waals surface area contributed by atoms with Crippen molar-refractivity contribution in [1.29, 1.82) is 0 Å². The molecule has 0 aliphatic heterocycles. The molecule has 0 saturated carbocycles. The van der Waals surface area contributed by atoms with E-state index in [9.17, 15) is 10.2 Å². The minimum atomic E-state index is -0.388. The summed E-state index contributed by atoms with van der Waals surface area (Å²) in [5.41, 5.74) is 3.13. The first-order chi connectivity index (χ1) is 8.82. The van der Waals surface area contributed by atoms with Gasteiger partial charge in [-0.1, -0.05) is 51.1 Å². The SMILES string of the molecule is Cc1cc(C(C)(C)C2=CC(C)C(O)C=C2)ccc1O. The number of aromatic hydroxyl groups is 1. The van der Waals surface area contributed by atoms with Crippen LogP contribution in [0.5, 0.6) is 5.75 Å². The molecule has 2 rings (SSSR count). The molecule has 0 saturated heterocycles. The standard InChI is InChI=1S/C17H22O2/c1-11-9-13(5-7-15(11)18)17(3,4)14-6-8-16(19)12(2)10-14/h5-11,15,18-19H,1-4H3. The zero-order chi connectivity index (χ0) is 14.2. The zero-order valence-corrected chi connectivity index (χ0v) is 12.0. The van der Waals surface area contributed by atoms with E-state index in [4.69, 9.17) is 0 Å². The van der Waals surface area contributed by atoms with E-state index in [0.717, 1.165) is 5.56 Å². The Morgan fingerprint density at radius 1 is 1.21 bits per heavy atom. The quantitative estimate of drug-likeness (QED) is 0.852. The number of benzene rings is 1. The summed E-state index contributed by atoms with van der Waals surface area (Å²) in [6.45, 7) is 8.26. The minimum Gasteiger partial charge on any atom is -0.508 e. The molecular weight excluding hydrogens is 236 g/mol. The highest BCUT2D eigenvalue weighted by Crippen LogP contribution is 2.36. The van der Waals surface area contributed by atoms with Gasteiger partial charge in [0, 0.05) is 11.3 Å². The third-order valence-electron chi connectivity index (χ3n) is 4.09. The average Bonchev–Trinajstić information content (AvgIpc) is 2.35. The van der Waals surface area contributed by atoms with E-state index in [-0.39, 0.29) is 17.4 Å². The number of aryl methyl sites for hydroxylation is 1. The van der Waals surface area contributed by atoms with Crippen LogP contribution in [-0.4, -0.2) is 16.3 Å². The number of allylic oxidation sites excluding steroid dienone is 2. The van der Waals surface area contributed by atoms with Crippen molar-refractivity contribution < 1.29 is 10.2 Å². The number of phenols is 1. The third-order valence-corrected chi connectivity index (χ3v) is 4.09. The molecule has 0 bridgehead atoms. The number of rotatable bonds is 2. The first kappa shape index (κ1) is 13.9. The van der Waals surface area contributed by atoms with Crippen LogP contribution in [0.4, 0.5) is 0 Å². The Morgan fingerprint density at radius 3 is 2.47 bits per heavy atom. The molecule has 1 aromatic carbocycles. The number of hydrogen-bond donors (Lipinski definition) is 2. The van der Waals surface area contributed by atoms with Gasteiger partial charge in [0.2, 0.25) is 0 Å². The van der Waals surface area contributed by atoms with Crippen LogP contribution in [-0.2, 0) is 5.41 Å². The van der Waals surface area contributed by atoms with Crippen LogP contribution in [0.3, 0.4) is 0 Å². The van der Waals surface area contributed by atoms with Crippen LogP contribution >= 0.6 is 0 Å². The molecule has 0 aromatic heterocycles. The Labute approximate surface area is 115 Å². The summed E-state index contributed by atoms with van der Waals surface area (Å²) in [7, 11) is 0. The molecule has 2 nitrogen and oxygen atoms in total. The second-order valence-electron chi connectivity index (χ2n) is 5.96. The van der Waals surface area contributed by atoms with E-state index < -0.39 is 0 Å². The Kier molecular flexibility index (Phi) is 3.55. The van der Waals surface area contributed by atoms with Crippen molar-refractivity contribution in [2.75, 3.05) is 0 Å². The highest BCUT2D eigenvalue weighted by Gasteiger charge is 2.27. The van der Waals surface area contributed by atoms with Crippen molar-refractivity contribution in [2.45, 2.75) is 39.2 Å². The summed E-state index contributed by atoms with van der Waals surface area (Å²) in [6.07, 6.45) is 5.61. The van der Waals surface area contributed by atoms with E-state index in [1.807, 2.05) is 38.1 Å². The smallest absolute Gasteiger partial charge is 0.118 e. The van der Waals surface area contributed by atoms with Gasteiger partial charge in [0.1, 0.15) is 5.75 Å². The molecule has 1 aliphatic rings. The van der Waals surface area contributed by atoms with Crippen molar-refractivity contribution in [3.63, 3.8) is 0 Å². The molecule has 19 heavy (non-hydrogen) atoms. The Morgan fingerprint density at radius 2 is 1.89 bits per heavy atom. The van der Waals surface area contributed by atoms with Gasteiger partial charge in [0.05, 0.1) is 6.10 Å². The summed E-state index contributed by atoms with van der Waals surface area (Å²) in [5.74, 6) is 0.467. The second kappa shape index (κ2) is 4.86. The van der Waals surface area contributed by atoms with E-state index in [0.29, 0.717) is 5.75 Å². The van der Waals surface area contributed by atoms with Gasteiger partial charge in [-0.3, -0.25) is 0 Å². The molecule has 2 heteroatoms. The maximum absolute atomic E-state index is 9.75. The van der Waals surface area contributed by atoms with Gasteiger partial charge in [-0.05, 0) is 29.7 Å². The average molecular weight is 258 g/mol. The van der Waals surface area contributed by atoms with Gasteiger partial charge < -0.3 is 10.2 Å². The fraction of sp³-hybridized carbons (Fsp3) is 0.412. The fourth-order valence-corrected chi connectivity index (χ4v) is 2.44. The lowest BCUT2D eigenvalue weighted by Gasteiger charge is -2.31. The van der Waals surface area contributed by atoms with Gasteiger partial charge in [0.15, 0.2) is 0 Å². The summed E-state index contributed by atoms with van der Waals surface area (Å²) >= 11 is 0. The lowest BCUT2D eigenvalue weighted by molar-refractivity contribution is 0.182. The van der Waals surface area contributed by atoms with Crippen LogP contribution < -0.4 is 0 Å². The molecule has 0 amide bonds. The summed E-state index contributed by atoms with van der Waals surface area (Å²) < 4.78 is 0. The number of aliphatic hydroxyl groups excluding tert-OH is 1. The maximum atomic E-state index is 9.75. The van der Waals surface area contributed by atoms with Crippen LogP contribution in [0.25, 0.3) is 0 Å². The molecule has 2 N–H and O–H groups in total. The molecule has 0 fully saturated rings. The molecule has 0 spiro atoms. The number of phenolic OH excluding ortho intramolecular Hbond substituents is 1. The van der Waals surface area contributed by atoms with Crippen LogP contribution in [0.15, 0.2) is 42.0 Å². The molecule has 0 heterocycles. The molecule has 1 aromatic rings. The highest BCUT2D eigenvalue weighted by atomic mass is 16.3. The van der Waals surface area contributed by atoms with Gasteiger partial charge in [-0.25, -0.2) is 0 Å². The van der Waals surface area contributed by atoms with Crippen molar-refractivity contribution in [1.82, 2.24) is 0 Å². The molecular formula is C17H22O2. The highest BCUT2D eigenvalue weighted by molar-refractivity contribution is 5.46. The largest absolute Gasteiger partial charge is 0.508 e. The number of aliphatic hydroxyl groups is 1. The summed E-state index contributed by atoms with van der Waals surface area (Å²) in [6, 6.07) is 5.74. The predicted octanol–water partition coefficient (Wildman–Crippen LogP) is 3.47. The Hall–Kier alpha value is -1.54. The molecule has 102 valence electrons. The van der Waals surface area contributed by atoms with Crippen LogP contribution in [0.2, 0.25) is 0 Å². The second-order valence-corrected chi connectivity index (χ2v) is 5.96. The number of hydrogen-bond acceptors (Lipinski definition) is 2. The van der Waals surface area contributed by atoms with Gasteiger partial charge in [-0.2, -0.15) is 0 Å².